The van der Waals surface area contributed by atoms with E-state index in [-0.39, 0.29) is 67.2 Å². The van der Waals surface area contributed by atoms with Crippen molar-refractivity contribution >= 4 is 81.2 Å². The lowest BCUT2D eigenvalue weighted by Gasteiger charge is -2.38. The minimum atomic E-state index is -1.24. The summed E-state index contributed by atoms with van der Waals surface area (Å²) < 4.78 is 31.7. The smallest absolute Gasteiger partial charge is 0.237 e. The summed E-state index contributed by atoms with van der Waals surface area (Å²) in [5.74, 6) is -3.18. The number of benzene rings is 4. The van der Waals surface area contributed by atoms with Gasteiger partial charge in [0.2, 0.25) is 11.8 Å². The lowest BCUT2D eigenvalue weighted by Crippen LogP contribution is -2.49. The number of fused-ring (bicyclic) bond motifs is 4. The highest BCUT2D eigenvalue weighted by atomic mass is 35.5. The highest BCUT2D eigenvalue weighted by molar-refractivity contribution is 6.32. The first-order valence-corrected chi connectivity index (χ1v) is 29.6. The van der Waals surface area contributed by atoms with Gasteiger partial charge in [0.15, 0.2) is 11.6 Å². The number of Topliss-reactive ketones (excluding diaryl/α,β-unsaturated/α-hetero) is 2. The lowest BCUT2D eigenvalue weighted by atomic mass is 9.62. The van der Waals surface area contributed by atoms with Crippen molar-refractivity contribution in [3.05, 3.63) is 127 Å². The predicted octanol–water partition coefficient (Wildman–Crippen LogP) is 14.0. The molecule has 2 saturated carbocycles. The van der Waals surface area contributed by atoms with Crippen molar-refractivity contribution in [3.63, 3.8) is 0 Å². The van der Waals surface area contributed by atoms with Crippen LogP contribution in [-0.2, 0) is 30.0 Å². The van der Waals surface area contributed by atoms with E-state index in [0.29, 0.717) is 78.4 Å². The Balaban J connectivity index is 0.000000192. The fourth-order valence-electron chi connectivity index (χ4n) is 14.3. The highest BCUT2D eigenvalue weighted by Crippen LogP contribution is 2.59. The van der Waals surface area contributed by atoms with Crippen LogP contribution in [-0.4, -0.2) is 69.0 Å². The van der Waals surface area contributed by atoms with Gasteiger partial charge in [-0.05, 0) is 166 Å². The molecule has 6 N–H and O–H groups in total. The molecule has 4 aliphatic heterocycles. The minimum absolute atomic E-state index is 0.0152. The van der Waals surface area contributed by atoms with E-state index in [1.165, 1.54) is 12.1 Å². The van der Waals surface area contributed by atoms with Crippen LogP contribution in [0.3, 0.4) is 0 Å². The van der Waals surface area contributed by atoms with E-state index in [9.17, 15) is 29.4 Å². The Kier molecular flexibility index (Phi) is 16.8. The fourth-order valence-corrected chi connectivity index (χ4v) is 15.0. The molecule has 10 nitrogen and oxygen atoms in total. The number of ketones is 2. The van der Waals surface area contributed by atoms with Crippen molar-refractivity contribution in [2.75, 3.05) is 10.6 Å². The van der Waals surface area contributed by atoms with E-state index in [1.807, 2.05) is 26.0 Å². The number of halogens is 6. The number of hydrogen-bond acceptors (Lipinski definition) is 8. The average molecular weight is 1170 g/mol. The summed E-state index contributed by atoms with van der Waals surface area (Å²) in [5, 5.41) is 34.9. The Morgan fingerprint density at radius 2 is 0.987 bits per heavy atom. The molecule has 2 spiro atoms. The summed E-state index contributed by atoms with van der Waals surface area (Å²) in [6, 6.07) is 17.8. The van der Waals surface area contributed by atoms with E-state index >= 15 is 8.78 Å². The number of anilines is 2. The van der Waals surface area contributed by atoms with Crippen molar-refractivity contribution in [3.8, 4) is 0 Å². The third-order valence-corrected chi connectivity index (χ3v) is 19.3. The average Bonchev–Trinajstić information content (AvgIpc) is 3.20. The summed E-state index contributed by atoms with van der Waals surface area (Å²) in [4.78, 5) is 56.7. The summed E-state index contributed by atoms with van der Waals surface area (Å²) in [6.45, 7) is 16.4. The van der Waals surface area contributed by atoms with E-state index in [1.54, 1.807) is 48.5 Å². The van der Waals surface area contributed by atoms with E-state index in [2.05, 4.69) is 62.8 Å². The molecule has 79 heavy (non-hydrogen) atoms. The molecule has 0 bridgehead atoms. The quantitative estimate of drug-likeness (QED) is 0.0867. The first-order chi connectivity index (χ1) is 37.0. The van der Waals surface area contributed by atoms with Crippen molar-refractivity contribution < 1.29 is 38.2 Å². The van der Waals surface area contributed by atoms with Gasteiger partial charge in [-0.25, -0.2) is 8.78 Å². The van der Waals surface area contributed by atoms with Gasteiger partial charge in [-0.3, -0.25) is 19.2 Å². The van der Waals surface area contributed by atoms with Crippen molar-refractivity contribution in [1.82, 2.24) is 10.6 Å². The molecule has 0 radical (unpaired) electrons. The van der Waals surface area contributed by atoms with Crippen LogP contribution >= 0.6 is 46.4 Å². The van der Waals surface area contributed by atoms with E-state index in [0.717, 1.165) is 37.7 Å². The zero-order valence-corrected chi connectivity index (χ0v) is 49.6. The number of hydrogen-bond donors (Lipinski definition) is 6. The number of carbonyl (C=O) groups excluding carboxylic acids is 4. The molecule has 4 aromatic rings. The largest absolute Gasteiger partial charge is 0.390 e. The molecule has 16 heteroatoms. The highest BCUT2D eigenvalue weighted by Gasteiger charge is 2.67. The van der Waals surface area contributed by atoms with Crippen LogP contribution in [0.25, 0.3) is 0 Å². The number of amides is 2. The monoisotopic (exact) mass is 1160 g/mol. The molecule has 8 atom stereocenters. The zero-order valence-electron chi connectivity index (χ0n) is 46.5. The van der Waals surface area contributed by atoms with E-state index < -0.39 is 69.7 Å². The molecule has 426 valence electrons. The van der Waals surface area contributed by atoms with Crippen LogP contribution in [0.15, 0.2) is 72.8 Å². The third kappa shape index (κ3) is 11.7. The van der Waals surface area contributed by atoms with Gasteiger partial charge in [0.05, 0.1) is 33.3 Å². The maximum absolute atomic E-state index is 15.9. The minimum Gasteiger partial charge on any atom is -0.390 e. The first kappa shape index (κ1) is 59.6. The molecule has 10 rings (SSSR count). The second kappa shape index (κ2) is 22.3. The van der Waals surface area contributed by atoms with Crippen LogP contribution in [0.2, 0.25) is 20.1 Å². The molecule has 2 aliphatic carbocycles. The Bertz CT molecular complexity index is 3010. The van der Waals surface area contributed by atoms with Gasteiger partial charge < -0.3 is 31.5 Å². The summed E-state index contributed by atoms with van der Waals surface area (Å²) in [5.41, 5.74) is -0.937. The van der Waals surface area contributed by atoms with Gasteiger partial charge in [0.25, 0.3) is 0 Å². The Hall–Kier alpha value is -3.98. The molecular weight excluding hydrogens is 1090 g/mol. The summed E-state index contributed by atoms with van der Waals surface area (Å²) >= 11 is 25.2. The van der Waals surface area contributed by atoms with Gasteiger partial charge in [0.1, 0.15) is 22.5 Å². The summed E-state index contributed by atoms with van der Waals surface area (Å²) in [7, 11) is 0. The molecule has 0 unspecified atom stereocenters. The zero-order chi connectivity index (χ0) is 57.4. The molecule has 4 heterocycles. The second-order valence-electron chi connectivity index (χ2n) is 26.7. The first-order valence-electron chi connectivity index (χ1n) is 28.1. The van der Waals surface area contributed by atoms with Crippen LogP contribution < -0.4 is 21.3 Å². The van der Waals surface area contributed by atoms with Crippen molar-refractivity contribution in [2.45, 2.75) is 197 Å². The predicted molar refractivity (Wildman–Crippen MR) is 310 cm³/mol. The van der Waals surface area contributed by atoms with Crippen molar-refractivity contribution in [1.29, 1.82) is 0 Å². The molecule has 2 saturated heterocycles. The second-order valence-corrected chi connectivity index (χ2v) is 28.4. The number of carbonyl (C=O) groups is 4. The lowest BCUT2D eigenvalue weighted by molar-refractivity contribution is -0.125. The number of nitrogens with one attached hydrogen (secondary N) is 4. The van der Waals surface area contributed by atoms with Crippen LogP contribution in [0.5, 0.6) is 0 Å². The van der Waals surface area contributed by atoms with Crippen LogP contribution in [0.4, 0.5) is 20.2 Å². The van der Waals surface area contributed by atoms with Crippen LogP contribution in [0.1, 0.15) is 173 Å². The standard InChI is InChI=1S/C32H39Cl2FN2O3.C31H37Cl2FN2O3/c1-30(2,3)13-12-25-32(21-9-8-19(33)17-23(21)36-29(32)39)26(20-6-5-7-22(34)27(20)35)28(37-25)24(38)16-18-10-14-31(4,40)15-11-18;1-29(2,3)16-24-31(20-9-8-18(32)15-22(20)35-28(31)38)25(19-6-5-7-21(33)26(19)34)27(36-24)23(37)14-17-10-12-30(4,39)13-11-17/h5-9,17-18,25-26,28,37,40H,10-16H2,1-4H3,(H,36,39);5-9,15,17,24-25,27,36,39H,10-14,16H2,1-4H3,(H,35,38)/t18?,25-,26-,28-,31?,32+;17?,24-,25-,27-,30?,31+/m00/s1. The number of aliphatic hydroxyl groups is 2. The molecule has 4 fully saturated rings. The Morgan fingerprint density at radius 1 is 0.595 bits per heavy atom. The molecule has 2 amide bonds. The number of rotatable bonds is 11. The Morgan fingerprint density at radius 3 is 1.38 bits per heavy atom. The fraction of sp³-hybridized carbons (Fsp3) is 0.556. The van der Waals surface area contributed by atoms with Gasteiger partial charge in [-0.1, -0.05) is 124 Å². The van der Waals surface area contributed by atoms with Gasteiger partial charge in [-0.15, -0.1) is 0 Å². The van der Waals surface area contributed by atoms with Gasteiger partial charge in [0, 0.05) is 58.2 Å². The molecular formula is C63H76Cl4F2N4O6. The maximum Gasteiger partial charge on any atom is 0.237 e. The van der Waals surface area contributed by atoms with Gasteiger partial charge in [-0.2, -0.15) is 0 Å². The molecule has 6 aliphatic rings. The molecule has 4 aromatic carbocycles. The summed E-state index contributed by atoms with van der Waals surface area (Å²) in [6.07, 6.45) is 8.18. The van der Waals surface area contributed by atoms with E-state index in [4.69, 9.17) is 46.4 Å². The van der Waals surface area contributed by atoms with Crippen molar-refractivity contribution in [2.24, 2.45) is 22.7 Å². The maximum atomic E-state index is 15.9. The molecule has 0 aromatic heterocycles. The van der Waals surface area contributed by atoms with Crippen LogP contribution in [0, 0.1) is 34.3 Å². The topological polar surface area (TPSA) is 157 Å². The van der Waals surface area contributed by atoms with Gasteiger partial charge >= 0.3 is 0 Å². The third-order valence-electron chi connectivity index (χ3n) is 18.3. The SMILES string of the molecule is CC(C)(C)CC[C@@H]1N[C@@H](C(=O)CC2CCC(C)(O)CC2)[C@H](c2cccc(Cl)c2F)[C@]12C(=O)Nc1cc(Cl)ccc12.CC(C)(C)C[C@@H]1N[C@@H](C(=O)CC2CCC(C)(O)CC2)[C@H](c2cccc(Cl)c2F)[C@]12C(=O)Nc1cc(Cl)ccc12. The Labute approximate surface area is 484 Å². The normalized spacial score (nSPS) is 32.1.